The highest BCUT2D eigenvalue weighted by molar-refractivity contribution is 5.64. The normalized spacial score (nSPS) is 10.8. The first kappa shape index (κ1) is 13.5. The molecule has 4 nitrogen and oxygen atoms in total. The molecule has 0 fully saturated rings. The van der Waals surface area contributed by atoms with Crippen molar-refractivity contribution in [3.63, 3.8) is 0 Å². The summed E-state index contributed by atoms with van der Waals surface area (Å²) in [6.07, 6.45) is 0. The summed E-state index contributed by atoms with van der Waals surface area (Å²) in [5, 5.41) is 8.26. The standard InChI is InChI=1S/C16H15FN4/c1-11-5-7-14(8-6-11)21-16(15(10-18)19-20-21)12-3-2-4-13(17)9-12/h2-9H,10,18H2,1H3. The maximum atomic E-state index is 13.5. The van der Waals surface area contributed by atoms with Crippen molar-refractivity contribution in [1.82, 2.24) is 15.0 Å². The molecule has 3 rings (SSSR count). The maximum absolute atomic E-state index is 13.5. The molecule has 0 aliphatic rings. The molecule has 21 heavy (non-hydrogen) atoms. The van der Waals surface area contributed by atoms with Gasteiger partial charge in [-0.2, -0.15) is 0 Å². The summed E-state index contributed by atoms with van der Waals surface area (Å²) in [4.78, 5) is 0. The molecule has 0 radical (unpaired) electrons. The average Bonchev–Trinajstić information content (AvgIpc) is 2.92. The van der Waals surface area contributed by atoms with Gasteiger partial charge in [0, 0.05) is 12.1 Å². The third-order valence-electron chi connectivity index (χ3n) is 3.31. The van der Waals surface area contributed by atoms with E-state index in [1.807, 2.05) is 37.3 Å². The highest BCUT2D eigenvalue weighted by Crippen LogP contribution is 2.25. The highest BCUT2D eigenvalue weighted by Gasteiger charge is 2.15. The molecule has 5 heteroatoms. The second kappa shape index (κ2) is 5.46. The Morgan fingerprint density at radius 1 is 1.14 bits per heavy atom. The molecule has 1 aromatic heterocycles. The fourth-order valence-electron chi connectivity index (χ4n) is 2.24. The van der Waals surface area contributed by atoms with Crippen molar-refractivity contribution in [3.8, 4) is 16.9 Å². The van der Waals surface area contributed by atoms with Crippen LogP contribution in [0.5, 0.6) is 0 Å². The van der Waals surface area contributed by atoms with Crippen molar-refractivity contribution in [3.05, 3.63) is 65.6 Å². The van der Waals surface area contributed by atoms with Gasteiger partial charge in [-0.05, 0) is 31.2 Å². The number of aryl methyl sites for hydroxylation is 1. The van der Waals surface area contributed by atoms with E-state index in [-0.39, 0.29) is 12.4 Å². The quantitative estimate of drug-likeness (QED) is 0.803. The first-order chi connectivity index (χ1) is 10.2. The van der Waals surface area contributed by atoms with E-state index in [9.17, 15) is 4.39 Å². The van der Waals surface area contributed by atoms with E-state index in [0.717, 1.165) is 16.9 Å². The van der Waals surface area contributed by atoms with Crippen LogP contribution in [0, 0.1) is 12.7 Å². The van der Waals surface area contributed by atoms with Crippen LogP contribution in [-0.4, -0.2) is 15.0 Å². The van der Waals surface area contributed by atoms with Crippen LogP contribution in [0.2, 0.25) is 0 Å². The monoisotopic (exact) mass is 282 g/mol. The summed E-state index contributed by atoms with van der Waals surface area (Å²) < 4.78 is 15.2. The molecule has 0 unspecified atom stereocenters. The molecule has 1 heterocycles. The van der Waals surface area contributed by atoms with Crippen LogP contribution in [0.3, 0.4) is 0 Å². The lowest BCUT2D eigenvalue weighted by atomic mass is 10.1. The smallest absolute Gasteiger partial charge is 0.123 e. The molecule has 3 aromatic rings. The van der Waals surface area contributed by atoms with E-state index in [1.54, 1.807) is 10.7 Å². The first-order valence-electron chi connectivity index (χ1n) is 6.66. The Morgan fingerprint density at radius 3 is 2.57 bits per heavy atom. The fraction of sp³-hybridized carbons (Fsp3) is 0.125. The Kier molecular flexibility index (Phi) is 3.50. The lowest BCUT2D eigenvalue weighted by Crippen LogP contribution is -2.02. The second-order valence-corrected chi connectivity index (χ2v) is 4.85. The van der Waals surface area contributed by atoms with E-state index in [1.165, 1.54) is 12.1 Å². The number of hydrogen-bond acceptors (Lipinski definition) is 3. The summed E-state index contributed by atoms with van der Waals surface area (Å²) in [6, 6.07) is 14.3. The zero-order chi connectivity index (χ0) is 14.8. The van der Waals surface area contributed by atoms with Crippen molar-refractivity contribution >= 4 is 0 Å². The molecule has 0 saturated heterocycles. The van der Waals surface area contributed by atoms with E-state index < -0.39 is 0 Å². The molecule has 0 aliphatic carbocycles. The summed E-state index contributed by atoms with van der Waals surface area (Å²) >= 11 is 0. The van der Waals surface area contributed by atoms with Gasteiger partial charge < -0.3 is 5.73 Å². The van der Waals surface area contributed by atoms with Gasteiger partial charge in [0.15, 0.2) is 0 Å². The maximum Gasteiger partial charge on any atom is 0.123 e. The van der Waals surface area contributed by atoms with Crippen molar-refractivity contribution in [1.29, 1.82) is 0 Å². The topological polar surface area (TPSA) is 56.7 Å². The zero-order valence-corrected chi connectivity index (χ0v) is 11.6. The molecule has 0 bridgehead atoms. The van der Waals surface area contributed by atoms with Crippen LogP contribution in [-0.2, 0) is 6.54 Å². The van der Waals surface area contributed by atoms with E-state index >= 15 is 0 Å². The summed E-state index contributed by atoms with van der Waals surface area (Å²) in [7, 11) is 0. The molecule has 0 spiro atoms. The summed E-state index contributed by atoms with van der Waals surface area (Å²) in [5.74, 6) is -0.299. The molecular weight excluding hydrogens is 267 g/mol. The number of halogens is 1. The van der Waals surface area contributed by atoms with Gasteiger partial charge in [-0.1, -0.05) is 35.0 Å². The van der Waals surface area contributed by atoms with Crippen LogP contribution < -0.4 is 5.73 Å². The number of aromatic nitrogens is 3. The molecule has 0 atom stereocenters. The van der Waals surface area contributed by atoms with E-state index in [4.69, 9.17) is 5.73 Å². The molecular formula is C16H15FN4. The Hall–Kier alpha value is -2.53. The van der Waals surface area contributed by atoms with Crippen LogP contribution in [0.4, 0.5) is 4.39 Å². The van der Waals surface area contributed by atoms with Gasteiger partial charge in [0.2, 0.25) is 0 Å². The van der Waals surface area contributed by atoms with E-state index in [2.05, 4.69) is 10.3 Å². The molecule has 0 amide bonds. The molecule has 106 valence electrons. The average molecular weight is 282 g/mol. The van der Waals surface area contributed by atoms with Crippen molar-refractivity contribution in [2.24, 2.45) is 5.73 Å². The molecule has 0 aliphatic heterocycles. The number of hydrogen-bond donors (Lipinski definition) is 1. The molecule has 2 N–H and O–H groups in total. The minimum absolute atomic E-state index is 0.248. The van der Waals surface area contributed by atoms with Gasteiger partial charge in [-0.25, -0.2) is 9.07 Å². The number of nitrogens with two attached hydrogens (primary N) is 1. The second-order valence-electron chi connectivity index (χ2n) is 4.85. The third-order valence-corrected chi connectivity index (χ3v) is 3.31. The predicted molar refractivity (Wildman–Crippen MR) is 79.4 cm³/mol. The van der Waals surface area contributed by atoms with Gasteiger partial charge in [0.05, 0.1) is 11.4 Å². The summed E-state index contributed by atoms with van der Waals surface area (Å²) in [6.45, 7) is 2.27. The Morgan fingerprint density at radius 2 is 1.90 bits per heavy atom. The SMILES string of the molecule is Cc1ccc(-n2nnc(CN)c2-c2cccc(F)c2)cc1. The third kappa shape index (κ3) is 2.55. The van der Waals surface area contributed by atoms with Crippen LogP contribution >= 0.6 is 0 Å². The Labute approximate surface area is 122 Å². The minimum Gasteiger partial charge on any atom is -0.325 e. The molecule has 2 aromatic carbocycles. The zero-order valence-electron chi connectivity index (χ0n) is 11.6. The number of rotatable bonds is 3. The van der Waals surface area contributed by atoms with Gasteiger partial charge in [0.1, 0.15) is 11.5 Å². The van der Waals surface area contributed by atoms with Gasteiger partial charge in [0.25, 0.3) is 0 Å². The lowest BCUT2D eigenvalue weighted by Gasteiger charge is -2.08. The Bertz CT molecular complexity index is 762. The van der Waals surface area contributed by atoms with Crippen molar-refractivity contribution in [2.45, 2.75) is 13.5 Å². The first-order valence-corrected chi connectivity index (χ1v) is 6.66. The Balaban J connectivity index is 2.19. The van der Waals surface area contributed by atoms with Crippen LogP contribution in [0.15, 0.2) is 48.5 Å². The van der Waals surface area contributed by atoms with Crippen LogP contribution in [0.1, 0.15) is 11.3 Å². The van der Waals surface area contributed by atoms with E-state index in [0.29, 0.717) is 11.3 Å². The van der Waals surface area contributed by atoms with Crippen molar-refractivity contribution < 1.29 is 4.39 Å². The van der Waals surface area contributed by atoms with Gasteiger partial charge in [-0.15, -0.1) is 5.10 Å². The molecule has 0 saturated carbocycles. The van der Waals surface area contributed by atoms with Gasteiger partial charge in [-0.3, -0.25) is 0 Å². The minimum atomic E-state index is -0.299. The number of nitrogens with zero attached hydrogens (tertiary/aromatic N) is 3. The lowest BCUT2D eigenvalue weighted by molar-refractivity contribution is 0.628. The largest absolute Gasteiger partial charge is 0.325 e. The van der Waals surface area contributed by atoms with Gasteiger partial charge >= 0.3 is 0 Å². The summed E-state index contributed by atoms with van der Waals surface area (Å²) in [5.41, 5.74) is 9.83. The number of benzene rings is 2. The fourth-order valence-corrected chi connectivity index (χ4v) is 2.24. The van der Waals surface area contributed by atoms with Crippen LogP contribution in [0.25, 0.3) is 16.9 Å². The highest BCUT2D eigenvalue weighted by atomic mass is 19.1. The predicted octanol–water partition coefficient (Wildman–Crippen LogP) is 2.84. The van der Waals surface area contributed by atoms with Crippen molar-refractivity contribution in [2.75, 3.05) is 0 Å².